The number of piperazine rings is 1. The molecule has 1 aliphatic rings. The molecule has 0 radical (unpaired) electrons. The van der Waals surface area contributed by atoms with Crippen LogP contribution in [-0.4, -0.2) is 56.8 Å². The number of hydrogen-bond donors (Lipinski definition) is 3. The van der Waals surface area contributed by atoms with Gasteiger partial charge in [0.15, 0.2) is 5.65 Å². The number of phenols is 1. The third-order valence-corrected chi connectivity index (χ3v) is 6.27. The van der Waals surface area contributed by atoms with Crippen molar-refractivity contribution in [1.82, 2.24) is 25.4 Å². The van der Waals surface area contributed by atoms with Gasteiger partial charge in [0.2, 0.25) is 0 Å². The molecule has 7 heteroatoms. The molecule has 2 aromatic carbocycles. The molecular formula is C27H27N5O2. The summed E-state index contributed by atoms with van der Waals surface area (Å²) in [6.07, 6.45) is 4.78. The summed E-state index contributed by atoms with van der Waals surface area (Å²) in [7, 11) is 0. The number of hydrogen-bond acceptors (Lipinski definition) is 5. The molecule has 1 aliphatic heterocycles. The normalized spacial score (nSPS) is 16.4. The minimum Gasteiger partial charge on any atom is -0.508 e. The highest BCUT2D eigenvalue weighted by atomic mass is 16.3. The van der Waals surface area contributed by atoms with Crippen molar-refractivity contribution in [3.05, 3.63) is 77.5 Å². The Bertz CT molecular complexity index is 1330. The number of carbonyl (C=O) groups excluding carboxylic acids is 1. The smallest absolute Gasteiger partial charge is 0.255 e. The van der Waals surface area contributed by atoms with Crippen LogP contribution in [0.15, 0.2) is 60.7 Å². The average Bonchev–Trinajstić information content (AvgIpc) is 3.30. The number of rotatable bonds is 5. The summed E-state index contributed by atoms with van der Waals surface area (Å²) in [5.74, 6) is 0.166. The van der Waals surface area contributed by atoms with Crippen molar-refractivity contribution in [3.8, 4) is 17.0 Å². The first-order valence-corrected chi connectivity index (χ1v) is 11.6. The number of nitrogens with one attached hydrogen (secondary N) is 2. The highest BCUT2D eigenvalue weighted by Crippen LogP contribution is 2.29. The van der Waals surface area contributed by atoms with E-state index in [4.69, 9.17) is 4.98 Å². The molecule has 3 heterocycles. The van der Waals surface area contributed by atoms with Gasteiger partial charge in [0, 0.05) is 31.2 Å². The number of carbonyl (C=O) groups is 1. The van der Waals surface area contributed by atoms with Crippen LogP contribution in [-0.2, 0) is 0 Å². The zero-order valence-electron chi connectivity index (χ0n) is 19.0. The van der Waals surface area contributed by atoms with Crippen LogP contribution in [0.2, 0.25) is 0 Å². The van der Waals surface area contributed by atoms with E-state index in [1.807, 2.05) is 53.5 Å². The molecule has 1 amide bonds. The standard InChI is InChI=1S/C27H27N5O2/c1-2-20-17-28-14-15-32(20)27(34)22-16-24(19-9-11-21(33)12-10-19)29-26-25(22)23(30-31-26)13-8-18-6-4-3-5-7-18/h3-13,16,20,28,33H,2,14-15,17H2,1H3,(H,29,30,31)/t20-/m0/s1. The Morgan fingerprint density at radius 3 is 2.71 bits per heavy atom. The molecule has 172 valence electrons. The number of benzene rings is 2. The zero-order valence-corrected chi connectivity index (χ0v) is 19.0. The van der Waals surface area contributed by atoms with Gasteiger partial charge < -0.3 is 15.3 Å². The molecule has 1 saturated heterocycles. The van der Waals surface area contributed by atoms with E-state index in [1.54, 1.807) is 24.3 Å². The SMILES string of the molecule is CC[C@H]1CNCCN1C(=O)c1cc(-c2ccc(O)cc2)nc2[nH]nc(C=Cc3ccccc3)c12. The second kappa shape index (κ2) is 9.49. The lowest BCUT2D eigenvalue weighted by atomic mass is 10.0. The molecule has 5 rings (SSSR count). The third kappa shape index (κ3) is 4.30. The van der Waals surface area contributed by atoms with Gasteiger partial charge in [-0.2, -0.15) is 5.10 Å². The lowest BCUT2D eigenvalue weighted by Crippen LogP contribution is -2.53. The number of amides is 1. The monoisotopic (exact) mass is 453 g/mol. The van der Waals surface area contributed by atoms with Crippen molar-refractivity contribution >= 4 is 29.1 Å². The predicted octanol–water partition coefficient (Wildman–Crippen LogP) is 4.32. The quantitative estimate of drug-likeness (QED) is 0.418. The van der Waals surface area contributed by atoms with Gasteiger partial charge in [-0.1, -0.05) is 43.3 Å². The second-order valence-corrected chi connectivity index (χ2v) is 8.44. The summed E-state index contributed by atoms with van der Waals surface area (Å²) in [6, 6.07) is 18.8. The summed E-state index contributed by atoms with van der Waals surface area (Å²) in [6.45, 7) is 4.32. The first-order chi connectivity index (χ1) is 16.6. The van der Waals surface area contributed by atoms with Gasteiger partial charge in [0.05, 0.1) is 22.3 Å². The maximum Gasteiger partial charge on any atom is 0.255 e. The summed E-state index contributed by atoms with van der Waals surface area (Å²) >= 11 is 0. The molecule has 0 spiro atoms. The van der Waals surface area contributed by atoms with Crippen molar-refractivity contribution < 1.29 is 9.90 Å². The molecule has 0 unspecified atom stereocenters. The average molecular weight is 454 g/mol. The number of aromatic amines is 1. The number of aromatic hydroxyl groups is 1. The van der Waals surface area contributed by atoms with Crippen LogP contribution in [0.5, 0.6) is 5.75 Å². The third-order valence-electron chi connectivity index (χ3n) is 6.27. The molecule has 2 aromatic heterocycles. The Labute approximate surface area is 198 Å². The van der Waals surface area contributed by atoms with Gasteiger partial charge in [-0.25, -0.2) is 4.98 Å². The summed E-state index contributed by atoms with van der Waals surface area (Å²) < 4.78 is 0. The summed E-state index contributed by atoms with van der Waals surface area (Å²) in [4.78, 5) is 20.6. The Morgan fingerprint density at radius 1 is 1.15 bits per heavy atom. The van der Waals surface area contributed by atoms with Crippen molar-refractivity contribution in [2.24, 2.45) is 0 Å². The van der Waals surface area contributed by atoms with E-state index < -0.39 is 0 Å². The Balaban J connectivity index is 1.64. The van der Waals surface area contributed by atoms with E-state index in [1.165, 1.54) is 0 Å². The summed E-state index contributed by atoms with van der Waals surface area (Å²) in [5, 5.41) is 21.3. The molecule has 34 heavy (non-hydrogen) atoms. The predicted molar refractivity (Wildman–Crippen MR) is 134 cm³/mol. The maximum absolute atomic E-state index is 13.9. The minimum absolute atomic E-state index is 0.0171. The fourth-order valence-electron chi connectivity index (χ4n) is 4.41. The van der Waals surface area contributed by atoms with Crippen LogP contribution >= 0.6 is 0 Å². The molecule has 1 fully saturated rings. The van der Waals surface area contributed by atoms with E-state index >= 15 is 0 Å². The number of nitrogens with zero attached hydrogens (tertiary/aromatic N) is 3. The largest absolute Gasteiger partial charge is 0.508 e. The number of phenolic OH excluding ortho intramolecular Hbond substituents is 1. The Morgan fingerprint density at radius 2 is 1.94 bits per heavy atom. The number of pyridine rings is 1. The molecule has 3 N–H and O–H groups in total. The van der Waals surface area contributed by atoms with Crippen LogP contribution in [0.1, 0.15) is 35.0 Å². The molecule has 1 atom stereocenters. The van der Waals surface area contributed by atoms with Crippen LogP contribution in [0.3, 0.4) is 0 Å². The lowest BCUT2D eigenvalue weighted by Gasteiger charge is -2.36. The minimum atomic E-state index is -0.0171. The topological polar surface area (TPSA) is 94.1 Å². The van der Waals surface area contributed by atoms with Gasteiger partial charge >= 0.3 is 0 Å². The molecule has 0 saturated carbocycles. The van der Waals surface area contributed by atoms with Gasteiger partial charge in [-0.05, 0) is 48.4 Å². The number of H-pyrrole nitrogens is 1. The van der Waals surface area contributed by atoms with E-state index in [-0.39, 0.29) is 17.7 Å². The highest BCUT2D eigenvalue weighted by Gasteiger charge is 2.29. The Hall–Kier alpha value is -3.97. The van der Waals surface area contributed by atoms with E-state index in [9.17, 15) is 9.90 Å². The van der Waals surface area contributed by atoms with Crippen LogP contribution in [0, 0.1) is 0 Å². The molecular weight excluding hydrogens is 426 g/mol. The Kier molecular flexibility index (Phi) is 6.10. The fourth-order valence-corrected chi connectivity index (χ4v) is 4.41. The van der Waals surface area contributed by atoms with Crippen LogP contribution < -0.4 is 5.32 Å². The number of fused-ring (bicyclic) bond motifs is 1. The maximum atomic E-state index is 13.9. The second-order valence-electron chi connectivity index (χ2n) is 8.44. The zero-order chi connectivity index (χ0) is 23.5. The molecule has 4 aromatic rings. The van der Waals surface area contributed by atoms with Crippen LogP contribution in [0.4, 0.5) is 0 Å². The fraction of sp³-hybridized carbons (Fsp3) is 0.222. The van der Waals surface area contributed by atoms with Gasteiger partial charge in [0.1, 0.15) is 5.75 Å². The lowest BCUT2D eigenvalue weighted by molar-refractivity contribution is 0.0633. The van der Waals surface area contributed by atoms with E-state index in [0.29, 0.717) is 34.5 Å². The van der Waals surface area contributed by atoms with E-state index in [0.717, 1.165) is 30.6 Å². The summed E-state index contributed by atoms with van der Waals surface area (Å²) in [5.41, 5.74) is 4.33. The first kappa shape index (κ1) is 21.9. The van der Waals surface area contributed by atoms with Crippen molar-refractivity contribution in [2.75, 3.05) is 19.6 Å². The van der Waals surface area contributed by atoms with Crippen molar-refractivity contribution in [3.63, 3.8) is 0 Å². The van der Waals surface area contributed by atoms with Crippen molar-refractivity contribution in [1.29, 1.82) is 0 Å². The highest BCUT2D eigenvalue weighted by molar-refractivity contribution is 6.09. The van der Waals surface area contributed by atoms with Gasteiger partial charge in [-0.3, -0.25) is 9.89 Å². The molecule has 0 aliphatic carbocycles. The van der Waals surface area contributed by atoms with Crippen molar-refractivity contribution in [2.45, 2.75) is 19.4 Å². The van der Waals surface area contributed by atoms with Gasteiger partial charge in [0.25, 0.3) is 5.91 Å². The first-order valence-electron chi connectivity index (χ1n) is 11.6. The van der Waals surface area contributed by atoms with E-state index in [2.05, 4.69) is 22.4 Å². The molecule has 7 nitrogen and oxygen atoms in total. The number of aromatic nitrogens is 3. The van der Waals surface area contributed by atoms with Gasteiger partial charge in [-0.15, -0.1) is 0 Å². The van der Waals surface area contributed by atoms with Crippen LogP contribution in [0.25, 0.3) is 34.4 Å². The molecule has 0 bridgehead atoms.